The first-order valence-corrected chi connectivity index (χ1v) is 6.18. The third kappa shape index (κ3) is 3.69. The van der Waals surface area contributed by atoms with Gasteiger partial charge in [-0.1, -0.05) is 11.6 Å². The fourth-order valence-electron chi connectivity index (χ4n) is 0.714. The average Bonchev–Trinajstić information content (AvgIpc) is 2.16. The van der Waals surface area contributed by atoms with Crippen LogP contribution in [0.2, 0.25) is 5.15 Å². The quantitative estimate of drug-likeness (QED) is 0.655. The lowest BCUT2D eigenvalue weighted by Crippen LogP contribution is -2.15. The number of methoxy groups -OCH3 is 1. The molecule has 0 aliphatic heterocycles. The minimum atomic E-state index is -3.64. The molecule has 1 N–H and O–H groups in total. The smallest absolute Gasteiger partial charge is 0.249 e. The number of alkyl halides is 1. The van der Waals surface area contributed by atoms with Crippen molar-refractivity contribution in [2.75, 3.05) is 17.0 Å². The number of nitrogens with zero attached hydrogens (tertiary/aromatic N) is 2. The van der Waals surface area contributed by atoms with Crippen molar-refractivity contribution in [1.29, 1.82) is 0 Å². The Hall–Kier alpha value is -0.790. The molecule has 0 bridgehead atoms. The molecule has 0 amide bonds. The third-order valence-electron chi connectivity index (χ3n) is 1.27. The van der Waals surface area contributed by atoms with E-state index in [-0.39, 0.29) is 17.0 Å². The molecule has 0 saturated carbocycles. The monoisotopic (exact) mass is 271 g/mol. The van der Waals surface area contributed by atoms with Gasteiger partial charge in [0.1, 0.15) is 10.4 Å². The number of anilines is 1. The minimum absolute atomic E-state index is 0.0640. The Morgan fingerprint density at radius 1 is 1.53 bits per heavy atom. The molecule has 0 saturated heterocycles. The summed E-state index contributed by atoms with van der Waals surface area (Å²) in [6, 6.07) is 1.35. The Bertz CT molecular complexity index is 451. The molecule has 0 unspecified atom stereocenters. The van der Waals surface area contributed by atoms with E-state index in [1.807, 2.05) is 4.72 Å². The van der Waals surface area contributed by atoms with Crippen LogP contribution in [0.15, 0.2) is 6.07 Å². The van der Waals surface area contributed by atoms with Gasteiger partial charge in [0.2, 0.25) is 21.9 Å². The summed E-state index contributed by atoms with van der Waals surface area (Å²) in [5.41, 5.74) is 0. The Labute approximate surface area is 96.6 Å². The normalized spacial score (nSPS) is 11.1. The van der Waals surface area contributed by atoms with Gasteiger partial charge in [0, 0.05) is 6.07 Å². The van der Waals surface area contributed by atoms with E-state index in [1.54, 1.807) is 0 Å². The van der Waals surface area contributed by atoms with Crippen LogP contribution in [0, 0.1) is 0 Å². The van der Waals surface area contributed by atoms with Crippen LogP contribution in [0.3, 0.4) is 0 Å². The van der Waals surface area contributed by atoms with Crippen molar-refractivity contribution in [3.63, 3.8) is 0 Å². The van der Waals surface area contributed by atoms with Crippen molar-refractivity contribution in [3.05, 3.63) is 11.2 Å². The van der Waals surface area contributed by atoms with Gasteiger partial charge in [0.25, 0.3) is 0 Å². The van der Waals surface area contributed by atoms with Gasteiger partial charge in [-0.15, -0.1) is 11.6 Å². The SMILES string of the molecule is COc1cc(Cl)nc(NS(=O)(=O)CCl)n1. The highest BCUT2D eigenvalue weighted by Crippen LogP contribution is 2.16. The van der Waals surface area contributed by atoms with E-state index in [0.29, 0.717) is 0 Å². The molecular weight excluding hydrogens is 265 g/mol. The molecular formula is C6H7Cl2N3O3S. The van der Waals surface area contributed by atoms with E-state index < -0.39 is 15.2 Å². The number of sulfonamides is 1. The predicted molar refractivity (Wildman–Crippen MR) is 56.9 cm³/mol. The van der Waals surface area contributed by atoms with E-state index in [2.05, 4.69) is 9.97 Å². The molecule has 0 spiro atoms. The average molecular weight is 272 g/mol. The number of ether oxygens (including phenoxy) is 1. The van der Waals surface area contributed by atoms with Crippen molar-refractivity contribution < 1.29 is 13.2 Å². The van der Waals surface area contributed by atoms with Crippen molar-refractivity contribution >= 4 is 39.2 Å². The fourth-order valence-corrected chi connectivity index (χ4v) is 1.47. The second-order valence-corrected chi connectivity index (χ2v) is 5.08. The lowest BCUT2D eigenvalue weighted by atomic mass is 10.6. The van der Waals surface area contributed by atoms with Gasteiger partial charge in [-0.2, -0.15) is 4.98 Å². The summed E-state index contributed by atoms with van der Waals surface area (Å²) in [7, 11) is -2.26. The number of halogens is 2. The maximum atomic E-state index is 11.1. The lowest BCUT2D eigenvalue weighted by Gasteiger charge is -2.05. The molecule has 1 aromatic rings. The molecule has 1 rings (SSSR count). The van der Waals surface area contributed by atoms with Gasteiger partial charge in [0.15, 0.2) is 0 Å². The molecule has 0 aliphatic carbocycles. The number of nitrogens with one attached hydrogen (secondary N) is 1. The zero-order chi connectivity index (χ0) is 11.5. The van der Waals surface area contributed by atoms with E-state index in [4.69, 9.17) is 27.9 Å². The summed E-state index contributed by atoms with van der Waals surface area (Å²) in [4.78, 5) is 7.36. The molecule has 0 fully saturated rings. The highest BCUT2D eigenvalue weighted by Gasteiger charge is 2.11. The maximum absolute atomic E-state index is 11.1. The molecule has 84 valence electrons. The molecule has 1 heterocycles. The van der Waals surface area contributed by atoms with Crippen LogP contribution in [0.25, 0.3) is 0 Å². The fraction of sp³-hybridized carbons (Fsp3) is 0.333. The van der Waals surface area contributed by atoms with Crippen molar-refractivity contribution in [2.24, 2.45) is 0 Å². The Balaban J connectivity index is 3.00. The molecule has 9 heteroatoms. The van der Waals surface area contributed by atoms with Crippen LogP contribution in [-0.2, 0) is 10.0 Å². The second kappa shape index (κ2) is 4.82. The first-order chi connectivity index (χ1) is 6.96. The van der Waals surface area contributed by atoms with Gasteiger partial charge >= 0.3 is 0 Å². The maximum Gasteiger partial charge on any atom is 0.249 e. The highest BCUT2D eigenvalue weighted by atomic mass is 35.5. The zero-order valence-corrected chi connectivity index (χ0v) is 9.90. The first kappa shape index (κ1) is 12.3. The van der Waals surface area contributed by atoms with Crippen LogP contribution in [-0.4, -0.2) is 30.7 Å². The van der Waals surface area contributed by atoms with E-state index >= 15 is 0 Å². The van der Waals surface area contributed by atoms with E-state index in [1.165, 1.54) is 13.2 Å². The van der Waals surface area contributed by atoms with Crippen LogP contribution in [0.5, 0.6) is 5.88 Å². The van der Waals surface area contributed by atoms with Gasteiger partial charge in [-0.3, -0.25) is 4.72 Å². The number of hydrogen-bond donors (Lipinski definition) is 1. The van der Waals surface area contributed by atoms with Gasteiger partial charge in [-0.05, 0) is 0 Å². The molecule has 0 aliphatic rings. The Morgan fingerprint density at radius 2 is 2.20 bits per heavy atom. The largest absolute Gasteiger partial charge is 0.481 e. The van der Waals surface area contributed by atoms with Gasteiger partial charge in [-0.25, -0.2) is 13.4 Å². The molecule has 0 aromatic carbocycles. The molecule has 1 aromatic heterocycles. The summed E-state index contributed by atoms with van der Waals surface area (Å²) in [5, 5.41) is -0.528. The van der Waals surface area contributed by atoms with Crippen LogP contribution < -0.4 is 9.46 Å². The Morgan fingerprint density at radius 3 is 2.73 bits per heavy atom. The summed E-state index contributed by atoms with van der Waals surface area (Å²) in [5.74, 6) is -0.0257. The topological polar surface area (TPSA) is 81.2 Å². The van der Waals surface area contributed by atoms with Crippen LogP contribution >= 0.6 is 23.2 Å². The van der Waals surface area contributed by atoms with Crippen molar-refractivity contribution in [1.82, 2.24) is 9.97 Å². The summed E-state index contributed by atoms with van der Waals surface area (Å²) in [6.45, 7) is 0. The lowest BCUT2D eigenvalue weighted by molar-refractivity contribution is 0.397. The summed E-state index contributed by atoms with van der Waals surface area (Å²) < 4.78 is 29.0. The van der Waals surface area contributed by atoms with E-state index in [9.17, 15) is 8.42 Å². The van der Waals surface area contributed by atoms with Gasteiger partial charge < -0.3 is 4.74 Å². The zero-order valence-electron chi connectivity index (χ0n) is 7.57. The first-order valence-electron chi connectivity index (χ1n) is 3.62. The van der Waals surface area contributed by atoms with E-state index in [0.717, 1.165) is 0 Å². The molecule has 15 heavy (non-hydrogen) atoms. The number of rotatable bonds is 4. The standard InChI is InChI=1S/C6H7Cl2N3O3S/c1-14-5-2-4(8)9-6(10-5)11-15(12,13)3-7/h2H,3H2,1H3,(H,9,10,11). The summed E-state index contributed by atoms with van der Waals surface area (Å²) in [6.07, 6.45) is 0. The second-order valence-electron chi connectivity index (χ2n) is 2.38. The number of hydrogen-bond acceptors (Lipinski definition) is 5. The predicted octanol–water partition coefficient (Wildman–Crippen LogP) is 1.08. The Kier molecular flexibility index (Phi) is 3.95. The highest BCUT2D eigenvalue weighted by molar-refractivity contribution is 7.93. The van der Waals surface area contributed by atoms with Crippen molar-refractivity contribution in [2.45, 2.75) is 0 Å². The third-order valence-corrected chi connectivity index (χ3v) is 3.11. The molecule has 0 radical (unpaired) electrons. The molecule has 0 atom stereocenters. The van der Waals surface area contributed by atoms with Crippen LogP contribution in [0.1, 0.15) is 0 Å². The van der Waals surface area contributed by atoms with Crippen LogP contribution in [0.4, 0.5) is 5.95 Å². The minimum Gasteiger partial charge on any atom is -0.481 e. The van der Waals surface area contributed by atoms with Gasteiger partial charge in [0.05, 0.1) is 7.11 Å². The summed E-state index contributed by atoms with van der Waals surface area (Å²) >= 11 is 10.8. The number of aromatic nitrogens is 2. The van der Waals surface area contributed by atoms with Crippen molar-refractivity contribution in [3.8, 4) is 5.88 Å². The molecule has 6 nitrogen and oxygen atoms in total.